The summed E-state index contributed by atoms with van der Waals surface area (Å²) in [5.41, 5.74) is 13.8. The number of aromatic hydroxyl groups is 1. The first-order valence-corrected chi connectivity index (χ1v) is 51.6. The summed E-state index contributed by atoms with van der Waals surface area (Å²) in [6, 6.07) is 53.0. The molecule has 8 aromatic carbocycles. The molecular weight excluding hydrogens is 1850 g/mol. The molecule has 12 aromatic rings. The molecule has 5 N–H and O–H groups in total. The van der Waals surface area contributed by atoms with Crippen molar-refractivity contribution in [2.75, 3.05) is 21.3 Å². The minimum atomic E-state index is -0.325. The molecular formula is C116H117BrClF5N12O5. The number of rotatable bonds is 24. The van der Waals surface area contributed by atoms with Gasteiger partial charge in [0.05, 0.1) is 96.0 Å². The summed E-state index contributed by atoms with van der Waals surface area (Å²) in [4.78, 5) is 90.2. The largest absolute Gasteiger partial charge is 0.508 e. The molecule has 0 saturated heterocycles. The predicted octanol–water partition coefficient (Wildman–Crippen LogP) is 26.2. The van der Waals surface area contributed by atoms with Crippen LogP contribution in [0, 0.1) is 122 Å². The van der Waals surface area contributed by atoms with Gasteiger partial charge in [0.2, 0.25) is 23.6 Å². The lowest BCUT2D eigenvalue weighted by molar-refractivity contribution is -0.116. The van der Waals surface area contributed by atoms with Crippen molar-refractivity contribution in [3.05, 3.63) is 303 Å². The number of hydrogen-bond donors (Lipinski definition) is 5. The van der Waals surface area contributed by atoms with Crippen LogP contribution in [0.1, 0.15) is 199 Å². The molecule has 0 spiro atoms. The van der Waals surface area contributed by atoms with Crippen LogP contribution in [0.3, 0.4) is 0 Å². The van der Waals surface area contributed by atoms with E-state index in [1.54, 1.807) is 122 Å². The third-order valence-corrected chi connectivity index (χ3v) is 33.7. The Morgan fingerprint density at radius 1 is 0.286 bits per heavy atom. The van der Waals surface area contributed by atoms with E-state index in [1.807, 2.05) is 36.4 Å². The molecule has 4 aromatic heterocycles. The number of benzene rings is 8. The van der Waals surface area contributed by atoms with E-state index in [0.29, 0.717) is 45.4 Å². The first kappa shape index (κ1) is 94.4. The molecule has 16 saturated carbocycles. The number of carbonyl (C=O) groups excluding carboxylic acids is 4. The Bertz CT molecular complexity index is 5610. The van der Waals surface area contributed by atoms with Gasteiger partial charge in [-0.1, -0.05) is 76.1 Å². The first-order chi connectivity index (χ1) is 67.7. The van der Waals surface area contributed by atoms with Gasteiger partial charge < -0.3 is 26.4 Å². The number of nitrogens with zero attached hydrogens (tertiary/aromatic N) is 8. The summed E-state index contributed by atoms with van der Waals surface area (Å²) >= 11 is 9.42. The molecule has 0 aliphatic heterocycles. The van der Waals surface area contributed by atoms with Crippen molar-refractivity contribution >= 4 is 74.4 Å². The number of phenols is 1. The Morgan fingerprint density at radius 2 is 0.471 bits per heavy atom. The quantitative estimate of drug-likeness (QED) is 0.0354. The molecule has 16 bridgehead atoms. The van der Waals surface area contributed by atoms with Gasteiger partial charge in [0, 0.05) is 31.7 Å². The minimum absolute atomic E-state index is 0.0945. The van der Waals surface area contributed by atoms with E-state index in [4.69, 9.17) is 31.5 Å². The average molecular weight is 1970 g/mol. The second-order valence-corrected chi connectivity index (χ2v) is 45.4. The van der Waals surface area contributed by atoms with Crippen LogP contribution in [0.25, 0.3) is 45.0 Å². The van der Waals surface area contributed by atoms with Crippen molar-refractivity contribution in [3.63, 3.8) is 0 Å². The van der Waals surface area contributed by atoms with E-state index in [2.05, 4.69) is 57.1 Å². The SMILES string of the molecule is O=C(Cc1ccc(Br)cc1)Nc1ncc(-c2ccc(F)cc2)nc1CC12CC3CC(CC(C3)C1)C2.O=C(Cc1ccc(Cl)cc1)Nc1ncc(-c2ccc(F)cc2)nc1CC12CC3CC(CC(C3)C1)C2.O=C(Cc1ccc(F)cc1)Nc1ncc(-c2ccc(F)cc2)nc1CC12CC3CC(CC(C3)C1)C2.O=C(Cc1ccc(O)cc1)Nc1ncc(-c2ccc(F)cc2)nc1CC12CC3CC(CC(C3)C1)C2. The number of aromatic nitrogens is 8. The molecule has 16 fully saturated rings. The van der Waals surface area contributed by atoms with Crippen molar-refractivity contribution in [1.29, 1.82) is 0 Å². The highest BCUT2D eigenvalue weighted by Crippen LogP contribution is 2.66. The number of amides is 4. The lowest BCUT2D eigenvalue weighted by Gasteiger charge is -2.57. The molecule has 17 nitrogen and oxygen atoms in total. The van der Waals surface area contributed by atoms with Gasteiger partial charge in [0.25, 0.3) is 0 Å². The molecule has 4 amide bonds. The number of nitrogens with one attached hydrogen (secondary N) is 4. The topological polar surface area (TPSA) is 240 Å². The maximum Gasteiger partial charge on any atom is 0.229 e. The van der Waals surface area contributed by atoms with E-state index < -0.39 is 0 Å². The Kier molecular flexibility index (Phi) is 27.2. The second-order valence-electron chi connectivity index (χ2n) is 44.1. The number of halogens is 7. The second kappa shape index (κ2) is 40.3. The van der Waals surface area contributed by atoms with Crippen LogP contribution in [0.15, 0.2) is 223 Å². The van der Waals surface area contributed by atoms with Crippen LogP contribution in [0.4, 0.5) is 45.2 Å². The van der Waals surface area contributed by atoms with E-state index in [0.717, 1.165) is 174 Å². The summed E-state index contributed by atoms with van der Waals surface area (Å²) < 4.78 is 68.2. The average Bonchev–Trinajstić information content (AvgIpc) is 0.754. The Balaban J connectivity index is 0.000000111. The van der Waals surface area contributed by atoms with Crippen molar-refractivity contribution in [2.24, 2.45) is 92.7 Å². The molecule has 0 atom stereocenters. The highest BCUT2D eigenvalue weighted by Gasteiger charge is 2.56. The van der Waals surface area contributed by atoms with Gasteiger partial charge in [0.15, 0.2) is 23.3 Å². The highest BCUT2D eigenvalue weighted by molar-refractivity contribution is 9.10. The van der Waals surface area contributed by atoms with Crippen LogP contribution in [0.2, 0.25) is 5.02 Å². The van der Waals surface area contributed by atoms with Crippen LogP contribution in [0.5, 0.6) is 5.75 Å². The van der Waals surface area contributed by atoms with Gasteiger partial charge >= 0.3 is 0 Å². The number of phenolic OH excluding ortho intramolecular Hbond substituents is 1. The molecule has 24 heteroatoms. The van der Waals surface area contributed by atoms with Crippen LogP contribution >= 0.6 is 27.5 Å². The summed E-state index contributed by atoms with van der Waals surface area (Å²) in [5, 5.41) is 22.2. The fourth-order valence-electron chi connectivity index (χ4n) is 29.0. The van der Waals surface area contributed by atoms with Crippen molar-refractivity contribution < 1.29 is 46.2 Å². The van der Waals surface area contributed by atoms with Crippen LogP contribution in [-0.4, -0.2) is 68.6 Å². The summed E-state index contributed by atoms with van der Waals surface area (Å²) in [6.07, 6.45) is 42.2. The van der Waals surface area contributed by atoms with Gasteiger partial charge in [-0.05, 0) is 440 Å². The third kappa shape index (κ3) is 22.5. The maximum atomic E-state index is 13.5. The fourth-order valence-corrected chi connectivity index (χ4v) is 29.4. The monoisotopic (exact) mass is 1970 g/mol. The molecule has 4 heterocycles. The molecule has 28 rings (SSSR count). The standard InChI is InChI=1S/C29H29BrFN3O.C29H29ClFN3O.C29H29F2N3O.C29H30FN3O2/c3*30-23-5-1-18(2-6-23)12-27(35)34-28-25(33-26(17-32-28)22-3-7-24(31)8-4-22)16-29-13-19-9-20(14-29)11-21(10-19)15-29;30-23-5-3-22(4-6-23)26-17-31-28(33-27(35)12-18-1-7-24(34)8-2-18)25(32-26)16-29-13-19-9-20(14-29)11-21(10-19)15-29/h3*1-8,17,19-21H,9-16H2,(H,32,34,35);1-8,17,19-21,34H,9-16H2,(H,31,33,35). The number of anilines is 4. The van der Waals surface area contributed by atoms with E-state index in [9.17, 15) is 46.2 Å². The molecule has 16 aliphatic carbocycles. The minimum Gasteiger partial charge on any atom is -0.508 e. The van der Waals surface area contributed by atoms with Gasteiger partial charge in [0.1, 0.15) is 34.8 Å². The Morgan fingerprint density at radius 3 is 0.686 bits per heavy atom. The molecule has 0 radical (unpaired) electrons. The predicted molar refractivity (Wildman–Crippen MR) is 536 cm³/mol. The zero-order valence-electron chi connectivity index (χ0n) is 78.6. The highest BCUT2D eigenvalue weighted by atomic mass is 79.9. The van der Waals surface area contributed by atoms with E-state index in [1.165, 1.54) is 215 Å². The van der Waals surface area contributed by atoms with Gasteiger partial charge in [-0.3, -0.25) is 19.2 Å². The maximum absolute atomic E-state index is 13.5. The number of carbonyl (C=O) groups is 4. The molecule has 140 heavy (non-hydrogen) atoms. The molecule has 720 valence electrons. The molecule has 0 unspecified atom stereocenters. The normalized spacial score (nSPS) is 26.6. The summed E-state index contributed by atoms with van der Waals surface area (Å²) in [5.74, 6) is 10.2. The third-order valence-electron chi connectivity index (χ3n) is 32.9. The van der Waals surface area contributed by atoms with Crippen molar-refractivity contribution in [3.8, 4) is 50.8 Å². The lowest BCUT2D eigenvalue weighted by atomic mass is 9.48. The first-order valence-electron chi connectivity index (χ1n) is 50.4. The van der Waals surface area contributed by atoms with Gasteiger partial charge in [-0.15, -0.1) is 0 Å². The smallest absolute Gasteiger partial charge is 0.229 e. The van der Waals surface area contributed by atoms with Crippen molar-refractivity contribution in [1.82, 2.24) is 39.9 Å². The lowest BCUT2D eigenvalue weighted by Crippen LogP contribution is -2.47. The van der Waals surface area contributed by atoms with Gasteiger partial charge in [-0.2, -0.15) is 0 Å². The van der Waals surface area contributed by atoms with Crippen LogP contribution in [-0.2, 0) is 70.5 Å². The van der Waals surface area contributed by atoms with E-state index >= 15 is 0 Å². The van der Waals surface area contributed by atoms with Crippen LogP contribution < -0.4 is 21.3 Å². The Labute approximate surface area is 827 Å². The zero-order valence-corrected chi connectivity index (χ0v) is 81.0. The number of hydrogen-bond acceptors (Lipinski definition) is 13. The zero-order chi connectivity index (χ0) is 96.0. The molecule has 16 aliphatic rings. The van der Waals surface area contributed by atoms with E-state index in [-0.39, 0.29) is 106 Å². The summed E-state index contributed by atoms with van der Waals surface area (Å²) in [7, 11) is 0. The van der Waals surface area contributed by atoms with Crippen molar-refractivity contribution in [2.45, 2.75) is 205 Å². The Hall–Kier alpha value is -11.8. The fraction of sp³-hybridized carbons (Fsp3) is 0.414. The summed E-state index contributed by atoms with van der Waals surface area (Å²) in [6.45, 7) is 0. The van der Waals surface area contributed by atoms with Gasteiger partial charge in [-0.25, -0.2) is 61.8 Å².